The lowest BCUT2D eigenvalue weighted by molar-refractivity contribution is -0.131. The van der Waals surface area contributed by atoms with E-state index in [1.54, 1.807) is 0 Å². The first-order chi connectivity index (χ1) is 13.7. The molecule has 0 aliphatic heterocycles. The molecule has 0 aromatic heterocycles. The molecule has 0 bridgehead atoms. The van der Waals surface area contributed by atoms with Crippen molar-refractivity contribution in [3.63, 3.8) is 0 Å². The molecule has 2 aromatic carbocycles. The first kappa shape index (κ1) is 20.9. The predicted octanol–water partition coefficient (Wildman–Crippen LogP) is 7.79. The summed E-state index contributed by atoms with van der Waals surface area (Å²) in [5.74, 6) is 2.02. The van der Waals surface area contributed by atoms with Crippen LogP contribution in [-0.2, 0) is 4.79 Å². The summed E-state index contributed by atoms with van der Waals surface area (Å²) in [7, 11) is 0. The van der Waals surface area contributed by atoms with Gasteiger partial charge in [-0.15, -0.1) is 0 Å². The van der Waals surface area contributed by atoms with E-state index in [4.69, 9.17) is 4.74 Å². The third-order valence-corrected chi connectivity index (χ3v) is 6.38. The zero-order chi connectivity index (χ0) is 19.8. The van der Waals surface area contributed by atoms with Crippen molar-refractivity contribution in [2.75, 3.05) is 0 Å². The summed E-state index contributed by atoms with van der Waals surface area (Å²) in [5, 5.41) is 2.38. The van der Waals surface area contributed by atoms with E-state index in [0.717, 1.165) is 11.3 Å². The van der Waals surface area contributed by atoms with Crippen LogP contribution in [0.3, 0.4) is 0 Å². The zero-order valence-electron chi connectivity index (χ0n) is 17.7. The SMILES string of the molecule is CCCCCCCC[C@H]1CC[C@H](c2ccc3cc(OC(C)=O)ccc3c2)CC1. The summed E-state index contributed by atoms with van der Waals surface area (Å²) in [6, 6.07) is 12.7. The molecule has 0 heterocycles. The molecule has 1 saturated carbocycles. The maximum atomic E-state index is 11.1. The standard InChI is InChI=1S/C26H36O2/c1-3-4-5-6-7-8-9-21-10-12-22(13-11-21)23-14-15-25-19-26(28-20(2)27)17-16-24(25)18-23/h14-19,21-22H,3-13H2,1-2H3/t21-,22-. The van der Waals surface area contributed by atoms with Crippen molar-refractivity contribution in [2.45, 2.75) is 90.4 Å². The maximum absolute atomic E-state index is 11.1. The third-order valence-electron chi connectivity index (χ3n) is 6.38. The van der Waals surface area contributed by atoms with Crippen molar-refractivity contribution in [1.29, 1.82) is 0 Å². The summed E-state index contributed by atoms with van der Waals surface area (Å²) >= 11 is 0. The molecule has 0 N–H and O–H groups in total. The van der Waals surface area contributed by atoms with Gasteiger partial charge >= 0.3 is 5.97 Å². The summed E-state index contributed by atoms with van der Waals surface area (Å²) in [6.45, 7) is 3.73. The van der Waals surface area contributed by atoms with E-state index < -0.39 is 0 Å². The van der Waals surface area contributed by atoms with E-state index in [-0.39, 0.29) is 5.97 Å². The summed E-state index contributed by atoms with van der Waals surface area (Å²) in [5.41, 5.74) is 1.48. The van der Waals surface area contributed by atoms with Gasteiger partial charge in [0.25, 0.3) is 0 Å². The van der Waals surface area contributed by atoms with Crippen LogP contribution in [0.25, 0.3) is 10.8 Å². The van der Waals surface area contributed by atoms with E-state index in [1.165, 1.54) is 88.5 Å². The molecule has 0 spiro atoms. The minimum Gasteiger partial charge on any atom is -0.427 e. The Bertz CT molecular complexity index is 756. The number of esters is 1. The first-order valence-corrected chi connectivity index (χ1v) is 11.4. The van der Waals surface area contributed by atoms with Crippen LogP contribution in [0.1, 0.15) is 96.0 Å². The second-order valence-corrected chi connectivity index (χ2v) is 8.64. The van der Waals surface area contributed by atoms with Crippen LogP contribution >= 0.6 is 0 Å². The monoisotopic (exact) mass is 380 g/mol. The second kappa shape index (κ2) is 10.6. The fraction of sp³-hybridized carbons (Fsp3) is 0.577. The van der Waals surface area contributed by atoms with Crippen molar-refractivity contribution >= 4 is 16.7 Å². The Balaban J connectivity index is 1.48. The van der Waals surface area contributed by atoms with Crippen molar-refractivity contribution in [2.24, 2.45) is 5.92 Å². The van der Waals surface area contributed by atoms with Crippen molar-refractivity contribution < 1.29 is 9.53 Å². The van der Waals surface area contributed by atoms with Crippen LogP contribution in [-0.4, -0.2) is 5.97 Å². The molecule has 0 radical (unpaired) electrons. The summed E-state index contributed by atoms with van der Waals surface area (Å²) < 4.78 is 5.20. The summed E-state index contributed by atoms with van der Waals surface area (Å²) in [4.78, 5) is 11.1. The molecule has 1 aliphatic rings. The van der Waals surface area contributed by atoms with E-state index >= 15 is 0 Å². The lowest BCUT2D eigenvalue weighted by Crippen LogP contribution is -2.13. The number of rotatable bonds is 9. The summed E-state index contributed by atoms with van der Waals surface area (Å²) in [6.07, 6.45) is 15.3. The Morgan fingerprint density at radius 2 is 1.57 bits per heavy atom. The molecular formula is C26H36O2. The number of carbonyl (C=O) groups is 1. The van der Waals surface area contributed by atoms with Crippen LogP contribution in [0.15, 0.2) is 36.4 Å². The normalized spacial score (nSPS) is 19.6. The van der Waals surface area contributed by atoms with Gasteiger partial charge in [-0.2, -0.15) is 0 Å². The average Bonchev–Trinajstić information content (AvgIpc) is 2.70. The van der Waals surface area contributed by atoms with E-state index in [9.17, 15) is 4.79 Å². The predicted molar refractivity (Wildman–Crippen MR) is 118 cm³/mol. The number of hydrogen-bond acceptors (Lipinski definition) is 2. The van der Waals surface area contributed by atoms with Crippen LogP contribution < -0.4 is 4.74 Å². The Morgan fingerprint density at radius 3 is 2.32 bits per heavy atom. The maximum Gasteiger partial charge on any atom is 0.308 e. The van der Waals surface area contributed by atoms with Gasteiger partial charge in [0.2, 0.25) is 0 Å². The molecule has 0 unspecified atom stereocenters. The zero-order valence-corrected chi connectivity index (χ0v) is 17.7. The smallest absolute Gasteiger partial charge is 0.308 e. The molecule has 152 valence electrons. The number of fused-ring (bicyclic) bond motifs is 1. The molecule has 0 saturated heterocycles. The van der Waals surface area contributed by atoms with Crippen molar-refractivity contribution in [3.05, 3.63) is 42.0 Å². The van der Waals surface area contributed by atoms with Crippen molar-refractivity contribution in [3.8, 4) is 5.75 Å². The number of carbonyl (C=O) groups excluding carboxylic acids is 1. The Kier molecular flexibility index (Phi) is 7.94. The van der Waals surface area contributed by atoms with E-state index in [1.807, 2.05) is 12.1 Å². The molecule has 2 heteroatoms. The molecular weight excluding hydrogens is 344 g/mol. The molecule has 28 heavy (non-hydrogen) atoms. The highest BCUT2D eigenvalue weighted by molar-refractivity contribution is 5.85. The van der Waals surface area contributed by atoms with Crippen molar-refractivity contribution in [1.82, 2.24) is 0 Å². The highest BCUT2D eigenvalue weighted by Crippen LogP contribution is 2.38. The quantitative estimate of drug-likeness (QED) is 0.252. The van der Waals surface area contributed by atoms with Gasteiger partial charge in [0, 0.05) is 6.92 Å². The van der Waals surface area contributed by atoms with Gasteiger partial charge < -0.3 is 4.74 Å². The molecule has 3 rings (SSSR count). The molecule has 2 aromatic rings. The van der Waals surface area contributed by atoms with Gasteiger partial charge in [0.05, 0.1) is 0 Å². The fourth-order valence-electron chi connectivity index (χ4n) is 4.72. The molecule has 0 atom stereocenters. The number of unbranched alkanes of at least 4 members (excludes halogenated alkanes) is 5. The third kappa shape index (κ3) is 6.09. The van der Waals surface area contributed by atoms with Crippen LogP contribution in [0.5, 0.6) is 5.75 Å². The number of ether oxygens (including phenoxy) is 1. The fourth-order valence-corrected chi connectivity index (χ4v) is 4.72. The van der Waals surface area contributed by atoms with E-state index in [0.29, 0.717) is 11.7 Å². The van der Waals surface area contributed by atoms with E-state index in [2.05, 4.69) is 31.2 Å². The lowest BCUT2D eigenvalue weighted by Gasteiger charge is -2.29. The first-order valence-electron chi connectivity index (χ1n) is 11.4. The van der Waals surface area contributed by atoms with Gasteiger partial charge in [-0.1, -0.05) is 76.1 Å². The molecule has 1 aliphatic carbocycles. The van der Waals surface area contributed by atoms with Gasteiger partial charge in [0.1, 0.15) is 5.75 Å². The lowest BCUT2D eigenvalue weighted by atomic mass is 9.76. The second-order valence-electron chi connectivity index (χ2n) is 8.64. The number of hydrogen-bond donors (Lipinski definition) is 0. The minimum atomic E-state index is -0.270. The minimum absolute atomic E-state index is 0.270. The van der Waals surface area contributed by atoms with Gasteiger partial charge in [-0.05, 0) is 66.0 Å². The average molecular weight is 381 g/mol. The van der Waals surface area contributed by atoms with Crippen LogP contribution in [0, 0.1) is 5.92 Å². The molecule has 1 fully saturated rings. The highest BCUT2D eigenvalue weighted by Gasteiger charge is 2.22. The Morgan fingerprint density at radius 1 is 0.893 bits per heavy atom. The highest BCUT2D eigenvalue weighted by atomic mass is 16.5. The van der Waals surface area contributed by atoms with Gasteiger partial charge in [-0.25, -0.2) is 0 Å². The topological polar surface area (TPSA) is 26.3 Å². The Hall–Kier alpha value is -1.83. The van der Waals surface area contributed by atoms with Gasteiger partial charge in [-0.3, -0.25) is 4.79 Å². The largest absolute Gasteiger partial charge is 0.427 e. The molecule has 0 amide bonds. The van der Waals surface area contributed by atoms with Crippen LogP contribution in [0.2, 0.25) is 0 Å². The van der Waals surface area contributed by atoms with Gasteiger partial charge in [0.15, 0.2) is 0 Å². The Labute approximate surface area is 170 Å². The number of benzene rings is 2. The van der Waals surface area contributed by atoms with Crippen LogP contribution in [0.4, 0.5) is 0 Å². The molecule has 2 nitrogen and oxygen atoms in total.